The molecule has 1 aliphatic carbocycles. The number of carbonyl (C=O) groups is 1. The van der Waals surface area contributed by atoms with Gasteiger partial charge in [-0.25, -0.2) is 0 Å². The summed E-state index contributed by atoms with van der Waals surface area (Å²) in [6, 6.07) is 8.41. The number of para-hydroxylation sites is 1. The molecule has 0 aliphatic heterocycles. The van der Waals surface area contributed by atoms with Gasteiger partial charge < -0.3 is 5.11 Å². The summed E-state index contributed by atoms with van der Waals surface area (Å²) in [5.74, 6) is 0.220. The second-order valence-corrected chi connectivity index (χ2v) is 6.78. The van der Waals surface area contributed by atoms with E-state index in [1.807, 2.05) is 17.8 Å². The molecule has 5 heteroatoms. The number of aryl methyl sites for hydroxylation is 1. The number of aromatic nitrogens is 3. The van der Waals surface area contributed by atoms with Crippen molar-refractivity contribution < 1.29 is 9.90 Å². The van der Waals surface area contributed by atoms with E-state index in [1.165, 1.54) is 25.3 Å². The fourth-order valence-corrected chi connectivity index (χ4v) is 3.76. The Morgan fingerprint density at radius 3 is 2.72 bits per heavy atom. The van der Waals surface area contributed by atoms with Crippen LogP contribution < -0.4 is 0 Å². The molecule has 1 saturated carbocycles. The summed E-state index contributed by atoms with van der Waals surface area (Å²) >= 11 is 0. The molecule has 25 heavy (non-hydrogen) atoms. The van der Waals surface area contributed by atoms with E-state index >= 15 is 0 Å². The summed E-state index contributed by atoms with van der Waals surface area (Å²) in [4.78, 5) is 17.3. The predicted octanol–water partition coefficient (Wildman–Crippen LogP) is 3.95. The van der Waals surface area contributed by atoms with Gasteiger partial charge in [0.2, 0.25) is 0 Å². The number of benzene rings is 1. The Hall–Kier alpha value is -2.69. The number of rotatable bonds is 3. The Kier molecular flexibility index (Phi) is 3.99. The Labute approximate surface area is 146 Å². The van der Waals surface area contributed by atoms with E-state index in [0.29, 0.717) is 17.0 Å². The van der Waals surface area contributed by atoms with Crippen molar-refractivity contribution in [2.24, 2.45) is 7.05 Å². The molecule has 0 radical (unpaired) electrons. The third-order valence-electron chi connectivity index (χ3n) is 5.12. The van der Waals surface area contributed by atoms with Crippen LogP contribution in [0.3, 0.4) is 0 Å². The van der Waals surface area contributed by atoms with E-state index < -0.39 is 0 Å². The number of aromatic hydroxyl groups is 1. The lowest BCUT2D eigenvalue weighted by Crippen LogP contribution is -2.06. The van der Waals surface area contributed by atoms with E-state index in [-0.39, 0.29) is 11.5 Å². The van der Waals surface area contributed by atoms with Gasteiger partial charge >= 0.3 is 0 Å². The van der Waals surface area contributed by atoms with Gasteiger partial charge in [-0.3, -0.25) is 14.5 Å². The van der Waals surface area contributed by atoms with E-state index in [2.05, 4.69) is 4.98 Å². The molecule has 4 rings (SSSR count). The van der Waals surface area contributed by atoms with Crippen molar-refractivity contribution in [3.8, 4) is 5.75 Å². The zero-order valence-corrected chi connectivity index (χ0v) is 14.3. The fraction of sp³-hybridized carbons (Fsp3) is 0.350. The molecule has 1 aliphatic rings. The van der Waals surface area contributed by atoms with Crippen LogP contribution in [0.4, 0.5) is 0 Å². The van der Waals surface area contributed by atoms with Gasteiger partial charge in [0, 0.05) is 24.7 Å². The molecule has 0 atom stereocenters. The molecule has 0 saturated heterocycles. The zero-order chi connectivity index (χ0) is 17.4. The number of phenols is 1. The molecule has 0 bridgehead atoms. The van der Waals surface area contributed by atoms with Crippen molar-refractivity contribution in [3.63, 3.8) is 0 Å². The third-order valence-corrected chi connectivity index (χ3v) is 5.12. The molecule has 0 unspecified atom stereocenters. The molecule has 1 N–H and O–H groups in total. The van der Waals surface area contributed by atoms with E-state index in [1.54, 1.807) is 24.4 Å². The summed E-state index contributed by atoms with van der Waals surface area (Å²) in [5.41, 5.74) is 3.56. The van der Waals surface area contributed by atoms with Crippen molar-refractivity contribution in [3.05, 3.63) is 53.3 Å². The lowest BCUT2D eigenvalue weighted by molar-refractivity contribution is 0.103. The number of phenolic OH excluding ortho intramolecular Hbond substituents is 1. The molecule has 5 nitrogen and oxygen atoms in total. The number of hydrogen-bond acceptors (Lipinski definition) is 4. The number of ketones is 1. The summed E-state index contributed by atoms with van der Waals surface area (Å²) in [7, 11) is 1.89. The van der Waals surface area contributed by atoms with E-state index in [9.17, 15) is 9.90 Å². The van der Waals surface area contributed by atoms with Gasteiger partial charge in [0.15, 0.2) is 5.78 Å². The quantitative estimate of drug-likeness (QED) is 0.736. The lowest BCUT2D eigenvalue weighted by atomic mass is 9.86. The van der Waals surface area contributed by atoms with Crippen LogP contribution in [-0.4, -0.2) is 25.7 Å². The normalized spacial score (nSPS) is 15.6. The first-order valence-corrected chi connectivity index (χ1v) is 8.80. The van der Waals surface area contributed by atoms with Crippen LogP contribution in [0, 0.1) is 0 Å². The summed E-state index contributed by atoms with van der Waals surface area (Å²) in [5, 5.41) is 14.6. The summed E-state index contributed by atoms with van der Waals surface area (Å²) in [6.45, 7) is 0. The van der Waals surface area contributed by atoms with Crippen LogP contribution in [0.25, 0.3) is 11.0 Å². The van der Waals surface area contributed by atoms with Gasteiger partial charge in [-0.05, 0) is 31.0 Å². The van der Waals surface area contributed by atoms with Crippen molar-refractivity contribution in [1.29, 1.82) is 0 Å². The second-order valence-electron chi connectivity index (χ2n) is 6.78. The maximum Gasteiger partial charge on any atom is 0.198 e. The van der Waals surface area contributed by atoms with Gasteiger partial charge in [-0.1, -0.05) is 31.4 Å². The maximum atomic E-state index is 12.7. The largest absolute Gasteiger partial charge is 0.507 e. The highest BCUT2D eigenvalue weighted by atomic mass is 16.3. The SMILES string of the molecule is Cn1nc(C2CCCCC2)c2ncc(C(=O)c3ccccc3O)cc21. The fourth-order valence-electron chi connectivity index (χ4n) is 3.76. The monoisotopic (exact) mass is 335 g/mol. The van der Waals surface area contributed by atoms with Crippen LogP contribution in [0.2, 0.25) is 0 Å². The Morgan fingerprint density at radius 2 is 1.96 bits per heavy atom. The van der Waals surface area contributed by atoms with Gasteiger partial charge in [-0.2, -0.15) is 5.10 Å². The van der Waals surface area contributed by atoms with E-state index in [0.717, 1.165) is 29.6 Å². The average Bonchev–Trinajstić information content (AvgIpc) is 2.98. The van der Waals surface area contributed by atoms with Crippen LogP contribution in [-0.2, 0) is 7.05 Å². The third kappa shape index (κ3) is 2.80. The molecule has 2 heterocycles. The minimum absolute atomic E-state index is 0.0134. The minimum Gasteiger partial charge on any atom is -0.507 e. The van der Waals surface area contributed by atoms with Gasteiger partial charge in [-0.15, -0.1) is 0 Å². The molecule has 1 aromatic carbocycles. The minimum atomic E-state index is -0.229. The number of pyridine rings is 1. The Bertz CT molecular complexity index is 939. The number of nitrogens with zero attached hydrogens (tertiary/aromatic N) is 3. The zero-order valence-electron chi connectivity index (χ0n) is 14.3. The lowest BCUT2D eigenvalue weighted by Gasteiger charge is -2.19. The number of hydrogen-bond donors (Lipinski definition) is 1. The highest BCUT2D eigenvalue weighted by molar-refractivity contribution is 6.11. The van der Waals surface area contributed by atoms with Crippen molar-refractivity contribution in [2.75, 3.05) is 0 Å². The smallest absolute Gasteiger partial charge is 0.198 e. The maximum absolute atomic E-state index is 12.7. The molecule has 1 fully saturated rings. The molecule has 3 aromatic rings. The molecule has 0 amide bonds. The molecule has 0 spiro atoms. The number of fused-ring (bicyclic) bond motifs is 1. The van der Waals surface area contributed by atoms with Gasteiger partial charge in [0.1, 0.15) is 11.3 Å². The molecular formula is C20H21N3O2. The Morgan fingerprint density at radius 1 is 1.20 bits per heavy atom. The van der Waals surface area contributed by atoms with Crippen LogP contribution >= 0.6 is 0 Å². The molecule has 2 aromatic heterocycles. The topological polar surface area (TPSA) is 68.0 Å². The highest BCUT2D eigenvalue weighted by Gasteiger charge is 2.23. The second kappa shape index (κ2) is 6.31. The first-order valence-electron chi connectivity index (χ1n) is 8.80. The van der Waals surface area contributed by atoms with Crippen LogP contribution in [0.1, 0.15) is 59.6 Å². The first-order chi connectivity index (χ1) is 12.1. The number of carbonyl (C=O) groups excluding carboxylic acids is 1. The molecular weight excluding hydrogens is 314 g/mol. The van der Waals surface area contributed by atoms with Crippen molar-refractivity contribution >= 4 is 16.8 Å². The van der Waals surface area contributed by atoms with E-state index in [4.69, 9.17) is 5.10 Å². The molecule has 128 valence electrons. The van der Waals surface area contributed by atoms with Crippen LogP contribution in [0.15, 0.2) is 36.5 Å². The first kappa shape index (κ1) is 15.8. The van der Waals surface area contributed by atoms with Crippen molar-refractivity contribution in [2.45, 2.75) is 38.0 Å². The van der Waals surface area contributed by atoms with Gasteiger partial charge in [0.25, 0.3) is 0 Å². The van der Waals surface area contributed by atoms with Gasteiger partial charge in [0.05, 0.1) is 16.8 Å². The standard InChI is InChI=1S/C20H21N3O2/c1-23-16-11-14(20(25)15-9-5-6-10-17(15)24)12-21-19(16)18(22-23)13-7-3-2-4-8-13/h5-6,9-13,24H,2-4,7-8H2,1H3. The average molecular weight is 335 g/mol. The summed E-state index contributed by atoms with van der Waals surface area (Å²) in [6.07, 6.45) is 7.71. The predicted molar refractivity (Wildman–Crippen MR) is 95.9 cm³/mol. The Balaban J connectivity index is 1.75. The summed E-state index contributed by atoms with van der Waals surface area (Å²) < 4.78 is 1.81. The van der Waals surface area contributed by atoms with Crippen LogP contribution in [0.5, 0.6) is 5.75 Å². The van der Waals surface area contributed by atoms with Crippen molar-refractivity contribution in [1.82, 2.24) is 14.8 Å². The highest BCUT2D eigenvalue weighted by Crippen LogP contribution is 2.35.